The number of nitriles is 1. The van der Waals surface area contributed by atoms with E-state index in [0.29, 0.717) is 18.5 Å². The first-order valence-electron chi connectivity index (χ1n) is 6.14. The molecule has 1 unspecified atom stereocenters. The van der Waals surface area contributed by atoms with Crippen molar-refractivity contribution < 1.29 is 4.74 Å². The Morgan fingerprint density at radius 2 is 2.00 bits per heavy atom. The van der Waals surface area contributed by atoms with Crippen LogP contribution in [0.25, 0.3) is 0 Å². The number of nitrogens with zero attached hydrogens (tertiary/aromatic N) is 2. The third-order valence-electron chi connectivity index (χ3n) is 3.84. The predicted octanol–water partition coefficient (Wildman–Crippen LogP) is 0.728. The second-order valence-corrected chi connectivity index (χ2v) is 5.19. The molecule has 2 fully saturated rings. The summed E-state index contributed by atoms with van der Waals surface area (Å²) in [4.78, 5) is 2.25. The Morgan fingerprint density at radius 1 is 1.38 bits per heavy atom. The van der Waals surface area contributed by atoms with Gasteiger partial charge < -0.3 is 15.4 Å². The van der Waals surface area contributed by atoms with Crippen molar-refractivity contribution in [2.24, 2.45) is 11.7 Å². The Kier molecular flexibility index (Phi) is 3.48. The first kappa shape index (κ1) is 11.8. The van der Waals surface area contributed by atoms with Gasteiger partial charge in [0.2, 0.25) is 0 Å². The molecule has 0 radical (unpaired) electrons. The van der Waals surface area contributed by atoms with E-state index in [0.717, 1.165) is 38.9 Å². The van der Waals surface area contributed by atoms with Crippen molar-refractivity contribution in [2.75, 3.05) is 26.8 Å². The van der Waals surface area contributed by atoms with Crippen molar-refractivity contribution in [2.45, 2.75) is 37.3 Å². The number of hydrogen-bond donors (Lipinski definition) is 1. The molecule has 16 heavy (non-hydrogen) atoms. The minimum absolute atomic E-state index is 0.416. The number of likely N-dealkylation sites (N-methyl/N-ethyl adjacent to an activating group) is 1. The van der Waals surface area contributed by atoms with Crippen LogP contribution in [0.3, 0.4) is 0 Å². The maximum Gasteiger partial charge on any atom is 0.119 e. The Balaban J connectivity index is 1.89. The molecule has 1 aliphatic heterocycles. The van der Waals surface area contributed by atoms with Gasteiger partial charge in [-0.15, -0.1) is 0 Å². The number of hydrogen-bond acceptors (Lipinski definition) is 4. The predicted molar refractivity (Wildman–Crippen MR) is 61.7 cm³/mol. The van der Waals surface area contributed by atoms with Gasteiger partial charge in [-0.05, 0) is 38.6 Å². The molecule has 4 heteroatoms. The highest BCUT2D eigenvalue weighted by Gasteiger charge is 2.44. The van der Waals surface area contributed by atoms with Gasteiger partial charge in [-0.2, -0.15) is 5.26 Å². The molecule has 1 saturated carbocycles. The summed E-state index contributed by atoms with van der Waals surface area (Å²) < 4.78 is 5.34. The van der Waals surface area contributed by atoms with Crippen molar-refractivity contribution in [3.8, 4) is 6.07 Å². The van der Waals surface area contributed by atoms with E-state index in [9.17, 15) is 5.26 Å². The van der Waals surface area contributed by atoms with Crippen molar-refractivity contribution in [3.63, 3.8) is 0 Å². The van der Waals surface area contributed by atoms with Gasteiger partial charge in [0.15, 0.2) is 0 Å². The van der Waals surface area contributed by atoms with Crippen molar-refractivity contribution in [1.29, 1.82) is 5.26 Å². The molecule has 90 valence electrons. The second kappa shape index (κ2) is 4.70. The third-order valence-corrected chi connectivity index (χ3v) is 3.84. The smallest absolute Gasteiger partial charge is 0.119 e. The number of ether oxygens (including phenoxy) is 1. The standard InChI is InChI=1S/C12H21N3O/c1-15(11-4-6-16-7-5-11)9-12(14,8-13)10-2-3-10/h10-11H,2-7,9,14H2,1H3. The maximum absolute atomic E-state index is 9.22. The van der Waals surface area contributed by atoms with Gasteiger partial charge in [0, 0.05) is 25.8 Å². The highest BCUT2D eigenvalue weighted by molar-refractivity contribution is 5.14. The van der Waals surface area contributed by atoms with Crippen LogP contribution < -0.4 is 5.73 Å². The Labute approximate surface area is 97.3 Å². The minimum atomic E-state index is -0.632. The molecule has 0 aromatic rings. The van der Waals surface area contributed by atoms with Crippen molar-refractivity contribution in [1.82, 2.24) is 4.90 Å². The highest BCUT2D eigenvalue weighted by Crippen LogP contribution is 2.38. The third kappa shape index (κ3) is 2.54. The Bertz CT molecular complexity index is 278. The van der Waals surface area contributed by atoms with Crippen LogP contribution in [0, 0.1) is 17.2 Å². The fourth-order valence-corrected chi connectivity index (χ4v) is 2.52. The summed E-state index contributed by atoms with van der Waals surface area (Å²) in [6.07, 6.45) is 4.35. The normalized spacial score (nSPS) is 26.4. The molecule has 0 amide bonds. The van der Waals surface area contributed by atoms with Gasteiger partial charge in [0.25, 0.3) is 0 Å². The molecule has 0 bridgehead atoms. The summed E-state index contributed by atoms with van der Waals surface area (Å²) in [6.45, 7) is 2.37. The molecule has 1 heterocycles. The quantitative estimate of drug-likeness (QED) is 0.763. The Hall–Kier alpha value is -0.630. The minimum Gasteiger partial charge on any atom is -0.381 e. The lowest BCUT2D eigenvalue weighted by Gasteiger charge is -2.35. The molecule has 4 nitrogen and oxygen atoms in total. The molecule has 1 atom stereocenters. The van der Waals surface area contributed by atoms with E-state index in [-0.39, 0.29) is 0 Å². The van der Waals surface area contributed by atoms with Crippen LogP contribution in [-0.2, 0) is 4.74 Å². The first-order chi connectivity index (χ1) is 7.65. The average molecular weight is 223 g/mol. The van der Waals surface area contributed by atoms with Crippen LogP contribution in [0.2, 0.25) is 0 Å². The summed E-state index contributed by atoms with van der Waals surface area (Å²) in [7, 11) is 2.08. The monoisotopic (exact) mass is 223 g/mol. The topological polar surface area (TPSA) is 62.3 Å². The molecular weight excluding hydrogens is 202 g/mol. The lowest BCUT2D eigenvalue weighted by atomic mass is 9.94. The fourth-order valence-electron chi connectivity index (χ4n) is 2.52. The molecule has 0 aromatic carbocycles. The molecule has 1 saturated heterocycles. The molecule has 2 aliphatic rings. The zero-order valence-electron chi connectivity index (χ0n) is 9.98. The molecule has 0 aromatic heterocycles. The lowest BCUT2D eigenvalue weighted by molar-refractivity contribution is 0.0378. The fraction of sp³-hybridized carbons (Fsp3) is 0.917. The van der Waals surface area contributed by atoms with E-state index in [1.807, 2.05) is 0 Å². The van der Waals surface area contributed by atoms with Crippen LogP contribution in [-0.4, -0.2) is 43.3 Å². The van der Waals surface area contributed by atoms with Gasteiger partial charge in [-0.3, -0.25) is 0 Å². The van der Waals surface area contributed by atoms with E-state index >= 15 is 0 Å². The Morgan fingerprint density at radius 3 is 2.50 bits per heavy atom. The zero-order chi connectivity index (χ0) is 11.6. The van der Waals surface area contributed by atoms with Crippen LogP contribution in [0.1, 0.15) is 25.7 Å². The zero-order valence-corrected chi connectivity index (χ0v) is 9.98. The molecular formula is C12H21N3O. The summed E-state index contributed by atoms with van der Waals surface area (Å²) >= 11 is 0. The summed E-state index contributed by atoms with van der Waals surface area (Å²) in [5.41, 5.74) is 5.54. The largest absolute Gasteiger partial charge is 0.381 e. The second-order valence-electron chi connectivity index (χ2n) is 5.19. The summed E-state index contributed by atoms with van der Waals surface area (Å²) in [5.74, 6) is 0.416. The van der Waals surface area contributed by atoms with Crippen molar-refractivity contribution in [3.05, 3.63) is 0 Å². The van der Waals surface area contributed by atoms with E-state index in [1.165, 1.54) is 0 Å². The van der Waals surface area contributed by atoms with E-state index in [1.54, 1.807) is 0 Å². The van der Waals surface area contributed by atoms with Crippen LogP contribution >= 0.6 is 0 Å². The summed E-state index contributed by atoms with van der Waals surface area (Å²) in [5, 5.41) is 9.22. The maximum atomic E-state index is 9.22. The van der Waals surface area contributed by atoms with Crippen LogP contribution in [0.5, 0.6) is 0 Å². The van der Waals surface area contributed by atoms with Crippen molar-refractivity contribution >= 4 is 0 Å². The van der Waals surface area contributed by atoms with Gasteiger partial charge in [0.1, 0.15) is 5.54 Å². The summed E-state index contributed by atoms with van der Waals surface area (Å²) in [6, 6.07) is 2.85. The molecule has 0 spiro atoms. The van der Waals surface area contributed by atoms with E-state index in [4.69, 9.17) is 10.5 Å². The number of rotatable bonds is 4. The average Bonchev–Trinajstić information content (AvgIpc) is 3.14. The SMILES string of the molecule is CN(CC(N)(C#N)C1CC1)C1CCOCC1. The van der Waals surface area contributed by atoms with Crippen LogP contribution in [0.15, 0.2) is 0 Å². The van der Waals surface area contributed by atoms with E-state index in [2.05, 4.69) is 18.0 Å². The van der Waals surface area contributed by atoms with Gasteiger partial charge in [-0.1, -0.05) is 0 Å². The number of nitrogens with two attached hydrogens (primary N) is 1. The van der Waals surface area contributed by atoms with Gasteiger partial charge in [0.05, 0.1) is 6.07 Å². The van der Waals surface area contributed by atoms with Gasteiger partial charge >= 0.3 is 0 Å². The highest BCUT2D eigenvalue weighted by atomic mass is 16.5. The van der Waals surface area contributed by atoms with Gasteiger partial charge in [-0.25, -0.2) is 0 Å². The lowest BCUT2D eigenvalue weighted by Crippen LogP contribution is -2.53. The molecule has 1 aliphatic carbocycles. The molecule has 2 N–H and O–H groups in total. The first-order valence-corrected chi connectivity index (χ1v) is 6.14. The van der Waals surface area contributed by atoms with E-state index < -0.39 is 5.54 Å². The van der Waals surface area contributed by atoms with Crippen LogP contribution in [0.4, 0.5) is 0 Å². The molecule has 2 rings (SSSR count).